The molecule has 78 valence electrons. The third-order valence-corrected chi connectivity index (χ3v) is 3.30. The molecule has 14 heavy (non-hydrogen) atoms. The second-order valence-corrected chi connectivity index (χ2v) is 4.09. The summed E-state index contributed by atoms with van der Waals surface area (Å²) in [4.78, 5) is 22.9. The lowest BCUT2D eigenvalue weighted by Crippen LogP contribution is -2.40. The Morgan fingerprint density at radius 3 is 2.64 bits per heavy atom. The van der Waals surface area contributed by atoms with Crippen LogP contribution < -0.4 is 0 Å². The lowest BCUT2D eigenvalue weighted by Gasteiger charge is -2.36. The van der Waals surface area contributed by atoms with Crippen LogP contribution in [0.4, 0.5) is 0 Å². The lowest BCUT2D eigenvalue weighted by molar-refractivity contribution is -0.152. The average molecular weight is 196 g/mol. The summed E-state index contributed by atoms with van der Waals surface area (Å²) < 4.78 is 4.78. The van der Waals surface area contributed by atoms with Gasteiger partial charge in [-0.25, -0.2) is 0 Å². The molecule has 0 saturated carbocycles. The van der Waals surface area contributed by atoms with Crippen molar-refractivity contribution in [2.75, 3.05) is 7.11 Å². The second-order valence-electron chi connectivity index (χ2n) is 4.09. The largest absolute Gasteiger partial charge is 0.468 e. The standard InChI is InChI=1S/C11H16O3/c1-7-5-9(12)6-8(2)11(7,3)10(13)14-4/h5,8H,6H2,1-4H3/t8-,11-/m0/s1. The number of esters is 1. The Kier molecular flexibility index (Phi) is 2.79. The smallest absolute Gasteiger partial charge is 0.315 e. The van der Waals surface area contributed by atoms with Crippen LogP contribution in [-0.4, -0.2) is 18.9 Å². The van der Waals surface area contributed by atoms with Crippen molar-refractivity contribution in [1.29, 1.82) is 0 Å². The molecular weight excluding hydrogens is 180 g/mol. The fourth-order valence-corrected chi connectivity index (χ4v) is 1.92. The van der Waals surface area contributed by atoms with Crippen molar-refractivity contribution in [2.45, 2.75) is 27.2 Å². The van der Waals surface area contributed by atoms with Crippen molar-refractivity contribution in [1.82, 2.24) is 0 Å². The molecule has 3 nitrogen and oxygen atoms in total. The number of rotatable bonds is 1. The van der Waals surface area contributed by atoms with E-state index in [1.54, 1.807) is 6.08 Å². The van der Waals surface area contributed by atoms with Crippen LogP contribution >= 0.6 is 0 Å². The first-order chi connectivity index (χ1) is 6.42. The highest BCUT2D eigenvalue weighted by Crippen LogP contribution is 2.41. The van der Waals surface area contributed by atoms with E-state index in [0.29, 0.717) is 6.42 Å². The van der Waals surface area contributed by atoms with Crippen LogP contribution in [0.3, 0.4) is 0 Å². The van der Waals surface area contributed by atoms with Gasteiger partial charge in [-0.15, -0.1) is 0 Å². The molecule has 1 rings (SSSR count). The third-order valence-electron chi connectivity index (χ3n) is 3.30. The van der Waals surface area contributed by atoms with E-state index in [2.05, 4.69) is 0 Å². The number of methoxy groups -OCH3 is 1. The zero-order valence-electron chi connectivity index (χ0n) is 9.09. The second kappa shape index (κ2) is 3.56. The van der Waals surface area contributed by atoms with E-state index in [-0.39, 0.29) is 17.7 Å². The average Bonchev–Trinajstić information content (AvgIpc) is 2.12. The molecule has 0 heterocycles. The SMILES string of the molecule is COC(=O)[C@@]1(C)C(C)=CC(=O)C[C@@H]1C. The molecule has 0 N–H and O–H groups in total. The summed E-state index contributed by atoms with van der Waals surface area (Å²) in [5.41, 5.74) is 0.163. The number of hydrogen-bond donors (Lipinski definition) is 0. The Balaban J connectivity index is 3.13. The summed E-state index contributed by atoms with van der Waals surface area (Å²) in [6, 6.07) is 0. The minimum atomic E-state index is -0.636. The van der Waals surface area contributed by atoms with Gasteiger partial charge in [0.2, 0.25) is 0 Å². The highest BCUT2D eigenvalue weighted by molar-refractivity contribution is 5.95. The molecule has 0 aromatic carbocycles. The Bertz CT molecular complexity index is 304. The number of allylic oxidation sites excluding steroid dienone is 1. The summed E-state index contributed by atoms with van der Waals surface area (Å²) in [6.07, 6.45) is 1.97. The van der Waals surface area contributed by atoms with E-state index in [0.717, 1.165) is 5.57 Å². The van der Waals surface area contributed by atoms with Crippen molar-refractivity contribution in [3.05, 3.63) is 11.6 Å². The van der Waals surface area contributed by atoms with Gasteiger partial charge >= 0.3 is 5.97 Å². The summed E-state index contributed by atoms with van der Waals surface area (Å²) in [5, 5.41) is 0. The van der Waals surface area contributed by atoms with Gasteiger partial charge in [0.25, 0.3) is 0 Å². The van der Waals surface area contributed by atoms with Crippen LogP contribution in [0.1, 0.15) is 27.2 Å². The maximum atomic E-state index is 11.6. The minimum Gasteiger partial charge on any atom is -0.468 e. The summed E-state index contributed by atoms with van der Waals surface area (Å²) >= 11 is 0. The zero-order chi connectivity index (χ0) is 10.9. The summed E-state index contributed by atoms with van der Waals surface area (Å²) in [6.45, 7) is 5.55. The van der Waals surface area contributed by atoms with Crippen molar-refractivity contribution in [2.24, 2.45) is 11.3 Å². The van der Waals surface area contributed by atoms with Gasteiger partial charge < -0.3 is 4.74 Å². The molecule has 0 saturated heterocycles. The molecule has 1 aliphatic rings. The lowest BCUT2D eigenvalue weighted by atomic mass is 9.67. The first-order valence-electron chi connectivity index (χ1n) is 4.73. The maximum Gasteiger partial charge on any atom is 0.315 e. The molecule has 0 aromatic rings. The Hall–Kier alpha value is -1.12. The van der Waals surface area contributed by atoms with Crippen LogP contribution in [0.15, 0.2) is 11.6 Å². The van der Waals surface area contributed by atoms with E-state index in [1.165, 1.54) is 7.11 Å². The zero-order valence-corrected chi connectivity index (χ0v) is 9.09. The Morgan fingerprint density at radius 2 is 2.21 bits per heavy atom. The van der Waals surface area contributed by atoms with Gasteiger partial charge in [0.15, 0.2) is 5.78 Å². The number of carbonyl (C=O) groups is 2. The van der Waals surface area contributed by atoms with E-state index in [4.69, 9.17) is 4.74 Å². The fourth-order valence-electron chi connectivity index (χ4n) is 1.92. The molecular formula is C11H16O3. The molecule has 0 bridgehead atoms. The van der Waals surface area contributed by atoms with Crippen LogP contribution in [0.2, 0.25) is 0 Å². The normalized spacial score (nSPS) is 32.4. The van der Waals surface area contributed by atoms with Gasteiger partial charge in [0, 0.05) is 6.42 Å². The highest BCUT2D eigenvalue weighted by Gasteiger charge is 2.44. The van der Waals surface area contributed by atoms with Crippen molar-refractivity contribution >= 4 is 11.8 Å². The molecule has 0 fully saturated rings. The number of carbonyl (C=O) groups excluding carboxylic acids is 2. The Labute approximate surface area is 84.1 Å². The summed E-state index contributed by atoms with van der Waals surface area (Å²) in [5.74, 6) is -0.157. The maximum absolute atomic E-state index is 11.6. The predicted molar refractivity (Wildman–Crippen MR) is 52.7 cm³/mol. The van der Waals surface area contributed by atoms with Gasteiger partial charge in [0.05, 0.1) is 12.5 Å². The van der Waals surface area contributed by atoms with Gasteiger partial charge in [-0.2, -0.15) is 0 Å². The van der Waals surface area contributed by atoms with Crippen LogP contribution in [0.25, 0.3) is 0 Å². The van der Waals surface area contributed by atoms with Crippen molar-refractivity contribution in [3.63, 3.8) is 0 Å². The van der Waals surface area contributed by atoms with E-state index in [9.17, 15) is 9.59 Å². The minimum absolute atomic E-state index is 0.00690. The van der Waals surface area contributed by atoms with Crippen molar-refractivity contribution < 1.29 is 14.3 Å². The molecule has 0 spiro atoms. The topological polar surface area (TPSA) is 43.4 Å². The van der Waals surface area contributed by atoms with E-state index >= 15 is 0 Å². The molecule has 0 amide bonds. The van der Waals surface area contributed by atoms with Gasteiger partial charge in [-0.3, -0.25) is 9.59 Å². The van der Waals surface area contributed by atoms with Crippen molar-refractivity contribution in [3.8, 4) is 0 Å². The van der Waals surface area contributed by atoms with E-state index < -0.39 is 5.41 Å². The molecule has 0 radical (unpaired) electrons. The quantitative estimate of drug-likeness (QED) is 0.600. The van der Waals surface area contributed by atoms with Gasteiger partial charge in [0.1, 0.15) is 0 Å². The number of hydrogen-bond acceptors (Lipinski definition) is 3. The molecule has 1 aliphatic carbocycles. The van der Waals surface area contributed by atoms with Crippen LogP contribution in [0.5, 0.6) is 0 Å². The van der Waals surface area contributed by atoms with Gasteiger partial charge in [-0.05, 0) is 25.8 Å². The first kappa shape index (κ1) is 11.0. The number of ether oxygens (including phenoxy) is 1. The highest BCUT2D eigenvalue weighted by atomic mass is 16.5. The molecule has 2 atom stereocenters. The van der Waals surface area contributed by atoms with Crippen LogP contribution in [-0.2, 0) is 14.3 Å². The molecule has 0 aromatic heterocycles. The molecule has 3 heteroatoms. The monoisotopic (exact) mass is 196 g/mol. The predicted octanol–water partition coefficient (Wildman–Crippen LogP) is 1.72. The molecule has 0 aliphatic heterocycles. The fraction of sp³-hybridized carbons (Fsp3) is 0.636. The van der Waals surface area contributed by atoms with E-state index in [1.807, 2.05) is 20.8 Å². The van der Waals surface area contributed by atoms with Crippen LogP contribution in [0, 0.1) is 11.3 Å². The summed E-state index contributed by atoms with van der Waals surface area (Å²) in [7, 11) is 1.38. The third kappa shape index (κ3) is 1.47. The molecule has 0 unspecified atom stereocenters. The number of ketones is 1. The first-order valence-corrected chi connectivity index (χ1v) is 4.73. The Morgan fingerprint density at radius 1 is 1.64 bits per heavy atom. The van der Waals surface area contributed by atoms with Gasteiger partial charge in [-0.1, -0.05) is 12.5 Å².